The van der Waals surface area contributed by atoms with Gasteiger partial charge in [-0.15, -0.1) is 0 Å². The molecule has 6 rings (SSSR count). The predicted molar refractivity (Wildman–Crippen MR) is 146 cm³/mol. The summed E-state index contributed by atoms with van der Waals surface area (Å²) in [6, 6.07) is 18.5. The van der Waals surface area contributed by atoms with Crippen molar-refractivity contribution in [1.82, 2.24) is 14.9 Å². The summed E-state index contributed by atoms with van der Waals surface area (Å²) in [5.74, 6) is 2.42. The summed E-state index contributed by atoms with van der Waals surface area (Å²) in [7, 11) is 0. The number of benzene rings is 2. The Morgan fingerprint density at radius 2 is 1.76 bits per heavy atom. The van der Waals surface area contributed by atoms with Gasteiger partial charge in [-0.05, 0) is 68.6 Å². The number of hydrogen-bond acceptors (Lipinski definition) is 7. The Kier molecular flexibility index (Phi) is 7.33. The highest BCUT2D eigenvalue weighted by Crippen LogP contribution is 2.42. The molecule has 0 bridgehead atoms. The third-order valence-corrected chi connectivity index (χ3v) is 7.31. The van der Waals surface area contributed by atoms with Crippen molar-refractivity contribution in [3.05, 3.63) is 60.9 Å². The molecule has 2 saturated heterocycles. The van der Waals surface area contributed by atoms with E-state index in [9.17, 15) is 0 Å². The van der Waals surface area contributed by atoms with E-state index in [2.05, 4.69) is 44.5 Å². The largest absolute Gasteiger partial charge is 0.492 e. The van der Waals surface area contributed by atoms with E-state index < -0.39 is 0 Å². The number of furan rings is 1. The number of likely N-dealkylation sites (tertiary alicyclic amines) is 1. The van der Waals surface area contributed by atoms with Crippen LogP contribution in [0.15, 0.2) is 65.3 Å². The van der Waals surface area contributed by atoms with Crippen LogP contribution in [-0.2, 0) is 4.74 Å². The molecule has 2 aromatic heterocycles. The Hall–Kier alpha value is -3.42. The number of nitrogens with one attached hydrogen (secondary N) is 1. The average Bonchev–Trinajstić information content (AvgIpc) is 3.62. The lowest BCUT2D eigenvalue weighted by atomic mass is 9.99. The Morgan fingerprint density at radius 1 is 0.919 bits per heavy atom. The fourth-order valence-corrected chi connectivity index (χ4v) is 5.34. The van der Waals surface area contributed by atoms with Crippen LogP contribution in [0.5, 0.6) is 5.75 Å². The van der Waals surface area contributed by atoms with Gasteiger partial charge >= 0.3 is 0 Å². The number of hydrogen-bond donors (Lipinski definition) is 1. The van der Waals surface area contributed by atoms with Gasteiger partial charge in [0.25, 0.3) is 0 Å². The summed E-state index contributed by atoms with van der Waals surface area (Å²) in [6.45, 7) is 5.59. The molecule has 4 aromatic rings. The molecule has 0 aliphatic carbocycles. The highest BCUT2D eigenvalue weighted by molar-refractivity contribution is 6.05. The maximum Gasteiger partial charge on any atom is 0.232 e. The first-order valence-electron chi connectivity index (χ1n) is 13.5. The van der Waals surface area contributed by atoms with Crippen LogP contribution in [-0.4, -0.2) is 60.4 Å². The minimum absolute atomic E-state index is 0.207. The molecule has 7 nitrogen and oxygen atoms in total. The lowest BCUT2D eigenvalue weighted by Crippen LogP contribution is -2.33. The van der Waals surface area contributed by atoms with Crippen molar-refractivity contribution < 1.29 is 13.9 Å². The van der Waals surface area contributed by atoms with Gasteiger partial charge in [-0.2, -0.15) is 0 Å². The highest BCUT2D eigenvalue weighted by atomic mass is 16.5. The molecule has 0 radical (unpaired) electrons. The SMILES string of the molecule is c1ccc(-c2c(-c3ccc(OCCN4CCCCC4)cc3)oc3ncnc(NC[C@@H]4CCCO4)c23)cc1. The van der Waals surface area contributed by atoms with Crippen LogP contribution >= 0.6 is 0 Å². The Morgan fingerprint density at radius 3 is 2.54 bits per heavy atom. The quantitative estimate of drug-likeness (QED) is 0.303. The van der Waals surface area contributed by atoms with E-state index in [-0.39, 0.29) is 6.10 Å². The number of rotatable bonds is 9. The van der Waals surface area contributed by atoms with Crippen molar-refractivity contribution in [3.63, 3.8) is 0 Å². The predicted octanol–water partition coefficient (Wildman–Crippen LogP) is 6.01. The van der Waals surface area contributed by atoms with E-state index in [1.54, 1.807) is 6.33 Å². The van der Waals surface area contributed by atoms with Gasteiger partial charge in [0.2, 0.25) is 5.71 Å². The maximum atomic E-state index is 6.38. The maximum absolute atomic E-state index is 6.38. The van der Waals surface area contributed by atoms with E-state index in [1.165, 1.54) is 32.4 Å². The summed E-state index contributed by atoms with van der Waals surface area (Å²) >= 11 is 0. The number of fused-ring (bicyclic) bond motifs is 1. The minimum atomic E-state index is 0.207. The first-order valence-corrected chi connectivity index (χ1v) is 13.5. The zero-order chi connectivity index (χ0) is 24.9. The third-order valence-electron chi connectivity index (χ3n) is 7.31. The van der Waals surface area contributed by atoms with E-state index in [0.717, 1.165) is 65.4 Å². The van der Waals surface area contributed by atoms with Gasteiger partial charge in [0.05, 0.1) is 11.5 Å². The lowest BCUT2D eigenvalue weighted by molar-refractivity contribution is 0.120. The second-order valence-electron chi connectivity index (χ2n) is 9.87. The van der Waals surface area contributed by atoms with Gasteiger partial charge in [0, 0.05) is 30.8 Å². The Labute approximate surface area is 217 Å². The lowest BCUT2D eigenvalue weighted by Gasteiger charge is -2.26. The molecule has 2 fully saturated rings. The number of nitrogens with zero attached hydrogens (tertiary/aromatic N) is 3. The molecule has 7 heteroatoms. The second kappa shape index (κ2) is 11.3. The van der Waals surface area contributed by atoms with E-state index in [4.69, 9.17) is 13.9 Å². The number of anilines is 1. The Balaban J connectivity index is 1.27. The molecule has 1 atom stereocenters. The summed E-state index contributed by atoms with van der Waals surface area (Å²) in [4.78, 5) is 11.6. The molecular formula is C30H34N4O3. The van der Waals surface area contributed by atoms with Crippen LogP contribution in [0.25, 0.3) is 33.6 Å². The third kappa shape index (κ3) is 5.48. The topological polar surface area (TPSA) is 72.7 Å². The van der Waals surface area contributed by atoms with Crippen LogP contribution in [0.1, 0.15) is 32.1 Å². The molecular weight excluding hydrogens is 464 g/mol. The molecule has 0 amide bonds. The smallest absolute Gasteiger partial charge is 0.232 e. The number of ether oxygens (including phenoxy) is 2. The first-order chi connectivity index (χ1) is 18.3. The van der Waals surface area contributed by atoms with Crippen molar-refractivity contribution in [3.8, 4) is 28.2 Å². The minimum Gasteiger partial charge on any atom is -0.492 e. The van der Waals surface area contributed by atoms with Crippen LogP contribution in [0, 0.1) is 0 Å². The molecule has 0 saturated carbocycles. The fourth-order valence-electron chi connectivity index (χ4n) is 5.34. The Bertz CT molecular complexity index is 1290. The standard InChI is InChI=1S/C30H34N4O3/c1-3-8-22(9-4-1)26-27-29(31-20-25-10-7-18-35-25)32-21-33-30(27)37-28(26)23-11-13-24(14-12-23)36-19-17-34-15-5-2-6-16-34/h1,3-4,8-9,11-14,21,25H,2,5-7,10,15-20H2,(H,31,32,33)/t25-/m0/s1. The van der Waals surface area contributed by atoms with Gasteiger partial charge < -0.3 is 19.2 Å². The molecule has 4 heterocycles. The van der Waals surface area contributed by atoms with Crippen LogP contribution in [0.2, 0.25) is 0 Å². The van der Waals surface area contributed by atoms with Gasteiger partial charge in [0.1, 0.15) is 30.3 Å². The van der Waals surface area contributed by atoms with Crippen molar-refractivity contribution in [1.29, 1.82) is 0 Å². The summed E-state index contributed by atoms with van der Waals surface area (Å²) in [6.07, 6.45) is 7.88. The highest BCUT2D eigenvalue weighted by Gasteiger charge is 2.23. The molecule has 0 unspecified atom stereocenters. The van der Waals surface area contributed by atoms with E-state index in [1.807, 2.05) is 30.3 Å². The van der Waals surface area contributed by atoms with Crippen molar-refractivity contribution in [2.75, 3.05) is 44.7 Å². The van der Waals surface area contributed by atoms with Crippen molar-refractivity contribution in [2.24, 2.45) is 0 Å². The molecule has 0 spiro atoms. The molecule has 192 valence electrons. The molecule has 1 N–H and O–H groups in total. The monoisotopic (exact) mass is 498 g/mol. The number of aromatic nitrogens is 2. The van der Waals surface area contributed by atoms with Gasteiger partial charge in [-0.25, -0.2) is 9.97 Å². The summed E-state index contributed by atoms with van der Waals surface area (Å²) in [5.41, 5.74) is 3.60. The van der Waals surface area contributed by atoms with Gasteiger partial charge in [0.15, 0.2) is 0 Å². The van der Waals surface area contributed by atoms with Gasteiger partial charge in [-0.1, -0.05) is 36.8 Å². The molecule has 37 heavy (non-hydrogen) atoms. The van der Waals surface area contributed by atoms with E-state index in [0.29, 0.717) is 18.9 Å². The average molecular weight is 499 g/mol. The molecule has 2 aliphatic heterocycles. The van der Waals surface area contributed by atoms with Crippen LogP contribution < -0.4 is 10.1 Å². The van der Waals surface area contributed by atoms with Gasteiger partial charge in [-0.3, -0.25) is 4.90 Å². The number of piperidine rings is 1. The fraction of sp³-hybridized carbons (Fsp3) is 0.400. The zero-order valence-electron chi connectivity index (χ0n) is 21.2. The van der Waals surface area contributed by atoms with Crippen LogP contribution in [0.4, 0.5) is 5.82 Å². The molecule has 2 aliphatic rings. The summed E-state index contributed by atoms with van der Waals surface area (Å²) in [5, 5.41) is 4.40. The van der Waals surface area contributed by atoms with Crippen molar-refractivity contribution in [2.45, 2.75) is 38.2 Å². The van der Waals surface area contributed by atoms with E-state index >= 15 is 0 Å². The van der Waals surface area contributed by atoms with Crippen molar-refractivity contribution >= 4 is 16.9 Å². The zero-order valence-corrected chi connectivity index (χ0v) is 21.2. The second-order valence-corrected chi connectivity index (χ2v) is 9.87. The first kappa shape index (κ1) is 23.9. The summed E-state index contributed by atoms with van der Waals surface area (Å²) < 4.78 is 18.2. The van der Waals surface area contributed by atoms with Crippen LogP contribution in [0.3, 0.4) is 0 Å². The molecule has 2 aromatic carbocycles. The normalized spacial score (nSPS) is 18.3.